The Kier molecular flexibility index (Phi) is 3.40. The third-order valence-corrected chi connectivity index (χ3v) is 2.78. The highest BCUT2D eigenvalue weighted by Crippen LogP contribution is 2.36. The lowest BCUT2D eigenvalue weighted by Crippen LogP contribution is -2.43. The van der Waals surface area contributed by atoms with E-state index in [-0.39, 0.29) is 24.2 Å². The van der Waals surface area contributed by atoms with Crippen molar-refractivity contribution in [1.82, 2.24) is 0 Å². The predicted octanol–water partition coefficient (Wildman–Crippen LogP) is 1.81. The number of amides is 1. The molecule has 0 aromatic heterocycles. The largest absolute Gasteiger partial charge is 0.416 e. The Hall–Kier alpha value is -1.76. The number of benzene rings is 1. The number of alkyl halides is 3. The average Bonchev–Trinajstić information content (AvgIpc) is 2.25. The molecule has 0 radical (unpaired) electrons. The molecule has 0 fully saturated rings. The van der Waals surface area contributed by atoms with Crippen LogP contribution in [0.25, 0.3) is 0 Å². The van der Waals surface area contributed by atoms with Gasteiger partial charge < -0.3 is 16.0 Å². The molecule has 1 aromatic rings. The molecule has 7 heteroatoms. The van der Waals surface area contributed by atoms with Crippen LogP contribution in [0.15, 0.2) is 18.2 Å². The van der Waals surface area contributed by atoms with Crippen molar-refractivity contribution in [1.29, 1.82) is 0 Å². The van der Waals surface area contributed by atoms with Gasteiger partial charge in [-0.05, 0) is 25.1 Å². The number of fused-ring (bicyclic) bond motifs is 1. The lowest BCUT2D eigenvalue weighted by Gasteiger charge is -2.32. The predicted molar refractivity (Wildman–Crippen MR) is 65.9 cm³/mol. The van der Waals surface area contributed by atoms with Crippen molar-refractivity contribution in [2.24, 2.45) is 5.73 Å². The minimum absolute atomic E-state index is 0.0971. The Labute approximate surface area is 108 Å². The smallest absolute Gasteiger partial charge is 0.359 e. The Balaban J connectivity index is 2.38. The zero-order chi connectivity index (χ0) is 14.2. The summed E-state index contributed by atoms with van der Waals surface area (Å²) >= 11 is 0. The van der Waals surface area contributed by atoms with Crippen LogP contribution in [-0.4, -0.2) is 25.0 Å². The highest BCUT2D eigenvalue weighted by Gasteiger charge is 2.32. The number of nitrogens with two attached hydrogens (primary N) is 1. The highest BCUT2D eigenvalue weighted by atomic mass is 19.4. The minimum atomic E-state index is -4.43. The molecule has 1 aliphatic heterocycles. The summed E-state index contributed by atoms with van der Waals surface area (Å²) in [5.74, 6) is -0.340. The summed E-state index contributed by atoms with van der Waals surface area (Å²) in [7, 11) is 0. The molecule has 104 valence electrons. The SMILES string of the molecule is CC(N)CN1CC(=O)Nc2cc(C(F)(F)F)ccc21. The summed E-state index contributed by atoms with van der Waals surface area (Å²) in [6.07, 6.45) is -4.43. The van der Waals surface area contributed by atoms with Gasteiger partial charge in [0.25, 0.3) is 0 Å². The summed E-state index contributed by atoms with van der Waals surface area (Å²) in [5, 5.41) is 2.45. The third kappa shape index (κ3) is 2.98. The molecule has 2 rings (SSSR count). The first-order valence-electron chi connectivity index (χ1n) is 5.79. The minimum Gasteiger partial charge on any atom is -0.359 e. The van der Waals surface area contributed by atoms with Crippen LogP contribution in [0.2, 0.25) is 0 Å². The molecular formula is C12H14F3N3O. The monoisotopic (exact) mass is 273 g/mol. The van der Waals surface area contributed by atoms with E-state index in [1.165, 1.54) is 6.07 Å². The van der Waals surface area contributed by atoms with Crippen molar-refractivity contribution in [3.05, 3.63) is 23.8 Å². The number of anilines is 2. The van der Waals surface area contributed by atoms with E-state index >= 15 is 0 Å². The fraction of sp³-hybridized carbons (Fsp3) is 0.417. The van der Waals surface area contributed by atoms with Crippen molar-refractivity contribution in [3.8, 4) is 0 Å². The fourth-order valence-corrected chi connectivity index (χ4v) is 2.05. The van der Waals surface area contributed by atoms with Gasteiger partial charge in [0.05, 0.1) is 23.5 Å². The Morgan fingerprint density at radius 3 is 2.74 bits per heavy atom. The molecule has 4 nitrogen and oxygen atoms in total. The Morgan fingerprint density at radius 2 is 2.16 bits per heavy atom. The van der Waals surface area contributed by atoms with Gasteiger partial charge in [0, 0.05) is 12.6 Å². The first kappa shape index (κ1) is 13.7. The number of halogens is 3. The maximum atomic E-state index is 12.6. The van der Waals surface area contributed by atoms with Crippen LogP contribution in [0.4, 0.5) is 24.5 Å². The van der Waals surface area contributed by atoms with Gasteiger partial charge in [-0.2, -0.15) is 13.2 Å². The Morgan fingerprint density at radius 1 is 1.47 bits per heavy atom. The summed E-state index contributed by atoms with van der Waals surface area (Å²) in [5.41, 5.74) is 5.62. The molecule has 1 aliphatic rings. The second kappa shape index (κ2) is 4.73. The van der Waals surface area contributed by atoms with Crippen LogP contribution in [-0.2, 0) is 11.0 Å². The van der Waals surface area contributed by atoms with Gasteiger partial charge in [-0.15, -0.1) is 0 Å². The van der Waals surface area contributed by atoms with Crippen LogP contribution in [0.5, 0.6) is 0 Å². The Bertz CT molecular complexity index is 499. The van der Waals surface area contributed by atoms with Crippen molar-refractivity contribution >= 4 is 17.3 Å². The summed E-state index contributed by atoms with van der Waals surface area (Å²) in [6, 6.07) is 3.13. The van der Waals surface area contributed by atoms with Gasteiger partial charge in [0.15, 0.2) is 0 Å². The molecule has 19 heavy (non-hydrogen) atoms. The van der Waals surface area contributed by atoms with Gasteiger partial charge in [-0.25, -0.2) is 0 Å². The quantitative estimate of drug-likeness (QED) is 0.864. The lowest BCUT2D eigenvalue weighted by molar-refractivity contribution is -0.137. The number of nitrogens with zero attached hydrogens (tertiary/aromatic N) is 1. The van der Waals surface area contributed by atoms with Crippen LogP contribution >= 0.6 is 0 Å². The van der Waals surface area contributed by atoms with Crippen molar-refractivity contribution in [2.45, 2.75) is 19.1 Å². The molecule has 1 atom stereocenters. The van der Waals surface area contributed by atoms with Crippen LogP contribution < -0.4 is 16.0 Å². The zero-order valence-electron chi connectivity index (χ0n) is 10.3. The first-order chi connectivity index (χ1) is 8.77. The normalized spacial score (nSPS) is 16.9. The maximum absolute atomic E-state index is 12.6. The van der Waals surface area contributed by atoms with E-state index < -0.39 is 11.7 Å². The second-order valence-electron chi connectivity index (χ2n) is 4.64. The molecule has 0 bridgehead atoms. The van der Waals surface area contributed by atoms with Gasteiger partial charge in [0.1, 0.15) is 0 Å². The third-order valence-electron chi connectivity index (χ3n) is 2.78. The van der Waals surface area contributed by atoms with E-state index in [4.69, 9.17) is 5.73 Å². The van der Waals surface area contributed by atoms with E-state index in [9.17, 15) is 18.0 Å². The van der Waals surface area contributed by atoms with E-state index in [0.29, 0.717) is 12.2 Å². The molecule has 1 aromatic carbocycles. The average molecular weight is 273 g/mol. The molecule has 0 saturated heterocycles. The van der Waals surface area contributed by atoms with E-state index in [2.05, 4.69) is 5.32 Å². The van der Waals surface area contributed by atoms with Crippen molar-refractivity contribution < 1.29 is 18.0 Å². The standard InChI is InChI=1S/C12H14F3N3O/c1-7(16)5-18-6-11(19)17-9-4-8(12(13,14)15)2-3-10(9)18/h2-4,7H,5-6,16H2,1H3,(H,17,19). The fourth-order valence-electron chi connectivity index (χ4n) is 2.05. The summed E-state index contributed by atoms with van der Waals surface area (Å²) in [4.78, 5) is 13.2. The van der Waals surface area contributed by atoms with Crippen molar-refractivity contribution in [3.63, 3.8) is 0 Å². The van der Waals surface area contributed by atoms with Crippen LogP contribution in [0.3, 0.4) is 0 Å². The van der Waals surface area contributed by atoms with Crippen LogP contribution in [0.1, 0.15) is 12.5 Å². The molecule has 1 unspecified atom stereocenters. The molecule has 1 heterocycles. The lowest BCUT2D eigenvalue weighted by atomic mass is 10.1. The van der Waals surface area contributed by atoms with Gasteiger partial charge >= 0.3 is 6.18 Å². The molecule has 1 amide bonds. The van der Waals surface area contributed by atoms with Crippen LogP contribution in [0, 0.1) is 0 Å². The maximum Gasteiger partial charge on any atom is 0.416 e. The number of rotatable bonds is 2. The van der Waals surface area contributed by atoms with E-state index in [0.717, 1.165) is 12.1 Å². The van der Waals surface area contributed by atoms with Gasteiger partial charge in [0.2, 0.25) is 5.91 Å². The van der Waals surface area contributed by atoms with Crippen molar-refractivity contribution in [2.75, 3.05) is 23.3 Å². The molecule has 3 N–H and O–H groups in total. The molecule has 0 spiro atoms. The highest BCUT2D eigenvalue weighted by molar-refractivity contribution is 6.01. The van der Waals surface area contributed by atoms with Gasteiger partial charge in [-0.3, -0.25) is 4.79 Å². The number of hydrogen-bond acceptors (Lipinski definition) is 3. The summed E-state index contributed by atoms with van der Waals surface area (Å²) in [6.45, 7) is 2.28. The number of carbonyl (C=O) groups excluding carboxylic acids is 1. The number of hydrogen-bond donors (Lipinski definition) is 2. The van der Waals surface area contributed by atoms with Gasteiger partial charge in [-0.1, -0.05) is 0 Å². The number of nitrogens with one attached hydrogen (secondary N) is 1. The molecule has 0 aliphatic carbocycles. The van der Waals surface area contributed by atoms with E-state index in [1.54, 1.807) is 11.8 Å². The van der Waals surface area contributed by atoms with E-state index in [1.807, 2.05) is 0 Å². The molecular weight excluding hydrogens is 259 g/mol. The summed E-state index contributed by atoms with van der Waals surface area (Å²) < 4.78 is 37.8. The second-order valence-corrected chi connectivity index (χ2v) is 4.64. The number of carbonyl (C=O) groups is 1. The molecule has 0 saturated carbocycles. The first-order valence-corrected chi connectivity index (χ1v) is 5.79. The topological polar surface area (TPSA) is 58.4 Å². The zero-order valence-corrected chi connectivity index (χ0v) is 10.3.